The summed E-state index contributed by atoms with van der Waals surface area (Å²) < 4.78 is 19.3. The van der Waals surface area contributed by atoms with Gasteiger partial charge in [0.1, 0.15) is 23.7 Å². The second-order valence-electron chi connectivity index (χ2n) is 7.46. The van der Waals surface area contributed by atoms with Crippen LogP contribution in [0.4, 0.5) is 20.6 Å². The van der Waals surface area contributed by atoms with Gasteiger partial charge in [-0.15, -0.1) is 0 Å². The normalized spacial score (nSPS) is 14.7. The van der Waals surface area contributed by atoms with Gasteiger partial charge in [-0.3, -0.25) is 25.0 Å². The molecule has 3 aromatic carbocycles. The molecular formula is C24H14Cl2FN3O6. The molecule has 0 aliphatic carbocycles. The molecule has 3 aromatic rings. The number of hydrogen-bond donors (Lipinski definition) is 1. The third-order valence-corrected chi connectivity index (χ3v) is 5.53. The Hall–Kier alpha value is -4.28. The number of urea groups is 1. The van der Waals surface area contributed by atoms with E-state index in [1.54, 1.807) is 6.07 Å². The van der Waals surface area contributed by atoms with E-state index in [0.717, 1.165) is 18.2 Å². The lowest BCUT2D eigenvalue weighted by atomic mass is 10.1. The number of barbiturate groups is 1. The zero-order valence-electron chi connectivity index (χ0n) is 18.0. The number of hydrogen-bond acceptors (Lipinski definition) is 6. The Bertz CT molecular complexity index is 1440. The number of carbonyl (C=O) groups is 3. The van der Waals surface area contributed by atoms with Gasteiger partial charge in [-0.1, -0.05) is 35.3 Å². The van der Waals surface area contributed by atoms with Gasteiger partial charge in [0, 0.05) is 22.7 Å². The number of non-ortho nitro benzene ring substituents is 1. The maximum absolute atomic E-state index is 13.5. The Balaban J connectivity index is 1.70. The number of ether oxygens (including phenoxy) is 1. The van der Waals surface area contributed by atoms with Gasteiger partial charge < -0.3 is 4.74 Å². The van der Waals surface area contributed by atoms with Crippen LogP contribution in [0.15, 0.2) is 66.2 Å². The minimum atomic E-state index is -1.03. The summed E-state index contributed by atoms with van der Waals surface area (Å²) in [5, 5.41) is 13.2. The van der Waals surface area contributed by atoms with Crippen LogP contribution in [0.5, 0.6) is 5.75 Å². The summed E-state index contributed by atoms with van der Waals surface area (Å²) in [6.07, 6.45) is 1.15. The number of carbonyl (C=O) groups excluding carboxylic acids is 3. The molecule has 1 saturated heterocycles. The summed E-state index contributed by atoms with van der Waals surface area (Å²) in [7, 11) is 0. The van der Waals surface area contributed by atoms with Crippen LogP contribution in [0.3, 0.4) is 0 Å². The molecule has 9 nitrogen and oxygen atoms in total. The van der Waals surface area contributed by atoms with E-state index in [-0.39, 0.29) is 39.3 Å². The monoisotopic (exact) mass is 529 g/mol. The highest BCUT2D eigenvalue weighted by atomic mass is 35.5. The molecule has 4 amide bonds. The van der Waals surface area contributed by atoms with Gasteiger partial charge in [-0.05, 0) is 48.0 Å². The number of nitrogens with zero attached hydrogens (tertiary/aromatic N) is 2. The first-order valence-electron chi connectivity index (χ1n) is 10.2. The molecule has 0 aromatic heterocycles. The minimum Gasteiger partial charge on any atom is -0.487 e. The van der Waals surface area contributed by atoms with Crippen LogP contribution in [0, 0.1) is 15.9 Å². The van der Waals surface area contributed by atoms with E-state index in [9.17, 15) is 28.9 Å². The molecule has 12 heteroatoms. The van der Waals surface area contributed by atoms with Gasteiger partial charge in [0.05, 0.1) is 15.6 Å². The maximum Gasteiger partial charge on any atom is 0.335 e. The molecule has 0 atom stereocenters. The molecule has 0 radical (unpaired) electrons. The summed E-state index contributed by atoms with van der Waals surface area (Å²) in [5.41, 5.74) is -0.0272. The van der Waals surface area contributed by atoms with Gasteiger partial charge in [-0.2, -0.15) is 0 Å². The number of benzene rings is 3. The van der Waals surface area contributed by atoms with Crippen molar-refractivity contribution in [3.05, 3.63) is 103 Å². The molecule has 0 unspecified atom stereocenters. The van der Waals surface area contributed by atoms with E-state index < -0.39 is 34.2 Å². The minimum absolute atomic E-state index is 0.00760. The molecule has 1 fully saturated rings. The van der Waals surface area contributed by atoms with Gasteiger partial charge in [0.15, 0.2) is 0 Å². The topological polar surface area (TPSA) is 119 Å². The van der Waals surface area contributed by atoms with Crippen molar-refractivity contribution in [3.63, 3.8) is 0 Å². The van der Waals surface area contributed by atoms with E-state index in [4.69, 9.17) is 27.9 Å². The first-order valence-corrected chi connectivity index (χ1v) is 10.9. The summed E-state index contributed by atoms with van der Waals surface area (Å²) >= 11 is 12.4. The highest BCUT2D eigenvalue weighted by molar-refractivity contribution is 6.40. The summed E-state index contributed by atoms with van der Waals surface area (Å²) in [6, 6.07) is 12.1. The van der Waals surface area contributed by atoms with E-state index in [1.165, 1.54) is 42.5 Å². The smallest absolute Gasteiger partial charge is 0.335 e. The third kappa shape index (κ3) is 5.19. The van der Waals surface area contributed by atoms with E-state index in [2.05, 4.69) is 5.32 Å². The van der Waals surface area contributed by atoms with Crippen LogP contribution in [0.25, 0.3) is 6.08 Å². The van der Waals surface area contributed by atoms with E-state index in [0.29, 0.717) is 10.5 Å². The van der Waals surface area contributed by atoms with Gasteiger partial charge >= 0.3 is 6.03 Å². The van der Waals surface area contributed by atoms with Crippen LogP contribution >= 0.6 is 23.2 Å². The van der Waals surface area contributed by atoms with Crippen molar-refractivity contribution in [3.8, 4) is 5.75 Å². The standard InChI is InChI=1S/C24H14Cl2FN3O6/c25-15-9-14(21(20(26)11-15)36-12-13-2-1-3-16(27)8-13)10-19-22(31)28-24(33)29(23(19)32)17-4-6-18(7-5-17)30(34)35/h1-11H,12H2,(H,28,31,33)/b19-10+. The summed E-state index contributed by atoms with van der Waals surface area (Å²) in [6.45, 7) is -0.0805. The molecule has 1 heterocycles. The summed E-state index contributed by atoms with van der Waals surface area (Å²) in [4.78, 5) is 49.1. The Morgan fingerprint density at radius 1 is 1.06 bits per heavy atom. The third-order valence-electron chi connectivity index (χ3n) is 5.03. The zero-order valence-corrected chi connectivity index (χ0v) is 19.5. The first kappa shape index (κ1) is 24.8. The number of nitrogens with one attached hydrogen (secondary N) is 1. The molecule has 0 bridgehead atoms. The van der Waals surface area contributed by atoms with Crippen LogP contribution in [-0.2, 0) is 16.2 Å². The maximum atomic E-state index is 13.5. The second-order valence-corrected chi connectivity index (χ2v) is 8.30. The molecule has 1 aliphatic heterocycles. The van der Waals surface area contributed by atoms with Gasteiger partial charge in [0.2, 0.25) is 0 Å². The molecule has 36 heavy (non-hydrogen) atoms. The van der Waals surface area contributed by atoms with Crippen molar-refractivity contribution < 1.29 is 28.4 Å². The lowest BCUT2D eigenvalue weighted by molar-refractivity contribution is -0.384. The van der Waals surface area contributed by atoms with Crippen molar-refractivity contribution in [1.82, 2.24) is 5.32 Å². The van der Waals surface area contributed by atoms with Gasteiger partial charge in [-0.25, -0.2) is 14.1 Å². The Labute approximate surface area is 212 Å². The van der Waals surface area contributed by atoms with Crippen LogP contribution in [0.2, 0.25) is 10.0 Å². The molecule has 4 rings (SSSR count). The number of rotatable bonds is 6. The average molecular weight is 530 g/mol. The van der Waals surface area contributed by atoms with Crippen LogP contribution < -0.4 is 15.0 Å². The number of nitro benzene ring substituents is 1. The van der Waals surface area contributed by atoms with Crippen LogP contribution in [0.1, 0.15) is 11.1 Å². The average Bonchev–Trinajstić information content (AvgIpc) is 2.81. The number of halogens is 3. The first-order chi connectivity index (χ1) is 17.1. The van der Waals surface area contributed by atoms with Crippen molar-refractivity contribution in [2.45, 2.75) is 6.61 Å². The molecule has 1 aliphatic rings. The van der Waals surface area contributed by atoms with Crippen molar-refractivity contribution >= 4 is 58.5 Å². The van der Waals surface area contributed by atoms with Crippen molar-refractivity contribution in [2.75, 3.05) is 4.90 Å². The van der Waals surface area contributed by atoms with E-state index in [1.807, 2.05) is 0 Å². The Morgan fingerprint density at radius 2 is 1.78 bits per heavy atom. The fraction of sp³-hybridized carbons (Fsp3) is 0.0417. The SMILES string of the molecule is O=C1NC(=O)N(c2ccc([N+](=O)[O-])cc2)C(=O)/C1=C/c1cc(Cl)cc(Cl)c1OCc1cccc(F)c1. The Kier molecular flexibility index (Phi) is 7.00. The number of imide groups is 2. The lowest BCUT2D eigenvalue weighted by Crippen LogP contribution is -2.54. The molecule has 1 N–H and O–H groups in total. The molecule has 0 saturated carbocycles. The number of anilines is 1. The zero-order chi connectivity index (χ0) is 26.0. The second kappa shape index (κ2) is 10.1. The molecule has 182 valence electrons. The van der Waals surface area contributed by atoms with E-state index >= 15 is 0 Å². The van der Waals surface area contributed by atoms with Crippen LogP contribution in [-0.4, -0.2) is 22.8 Å². The fourth-order valence-corrected chi connectivity index (χ4v) is 3.96. The molecule has 0 spiro atoms. The number of nitro groups is 1. The highest BCUT2D eigenvalue weighted by Gasteiger charge is 2.37. The Morgan fingerprint density at radius 3 is 2.44 bits per heavy atom. The van der Waals surface area contributed by atoms with Crippen molar-refractivity contribution in [1.29, 1.82) is 0 Å². The lowest BCUT2D eigenvalue weighted by Gasteiger charge is -2.26. The fourth-order valence-electron chi connectivity index (χ4n) is 3.39. The quantitative estimate of drug-likeness (QED) is 0.200. The van der Waals surface area contributed by atoms with Crippen molar-refractivity contribution in [2.24, 2.45) is 0 Å². The van der Waals surface area contributed by atoms with Gasteiger partial charge in [0.25, 0.3) is 17.5 Å². The number of amides is 4. The predicted octanol–water partition coefficient (Wildman–Crippen LogP) is 5.29. The molecular weight excluding hydrogens is 516 g/mol. The predicted molar refractivity (Wildman–Crippen MR) is 129 cm³/mol. The summed E-state index contributed by atoms with van der Waals surface area (Å²) in [5.74, 6) is -2.35. The highest BCUT2D eigenvalue weighted by Crippen LogP contribution is 2.35. The largest absolute Gasteiger partial charge is 0.487 e.